The summed E-state index contributed by atoms with van der Waals surface area (Å²) < 4.78 is 1.98. The summed E-state index contributed by atoms with van der Waals surface area (Å²) >= 11 is 6.62. The van der Waals surface area contributed by atoms with Gasteiger partial charge in [0.1, 0.15) is 15.8 Å². The lowest BCUT2D eigenvalue weighted by Crippen LogP contribution is -2.40. The Bertz CT molecular complexity index is 1170. The summed E-state index contributed by atoms with van der Waals surface area (Å²) in [6, 6.07) is 5.36. The van der Waals surface area contributed by atoms with Crippen LogP contribution in [0.3, 0.4) is 0 Å². The third-order valence-electron chi connectivity index (χ3n) is 5.83. The van der Waals surface area contributed by atoms with Gasteiger partial charge in [0.15, 0.2) is 0 Å². The van der Waals surface area contributed by atoms with E-state index in [9.17, 15) is 14.4 Å². The molecule has 0 unspecified atom stereocenters. The van der Waals surface area contributed by atoms with Gasteiger partial charge in [0, 0.05) is 31.7 Å². The van der Waals surface area contributed by atoms with Gasteiger partial charge in [0.25, 0.3) is 11.5 Å². The molecule has 0 aliphatic carbocycles. The third kappa shape index (κ3) is 4.29. The van der Waals surface area contributed by atoms with Crippen LogP contribution in [0, 0.1) is 5.92 Å². The van der Waals surface area contributed by atoms with E-state index >= 15 is 0 Å². The van der Waals surface area contributed by atoms with E-state index < -0.39 is 0 Å². The molecule has 2 aliphatic rings. The van der Waals surface area contributed by atoms with Crippen molar-refractivity contribution in [1.82, 2.24) is 14.3 Å². The molecule has 2 saturated heterocycles. The van der Waals surface area contributed by atoms with Crippen molar-refractivity contribution in [1.29, 1.82) is 0 Å². The minimum absolute atomic E-state index is 0.175. The molecular formula is C22H25N5O3S2. The van der Waals surface area contributed by atoms with Crippen LogP contribution in [0.1, 0.15) is 38.2 Å². The Balaban J connectivity index is 1.76. The number of primary amides is 1. The zero-order valence-corrected chi connectivity index (χ0v) is 19.5. The third-order valence-corrected chi connectivity index (χ3v) is 7.21. The maximum atomic E-state index is 13.4. The van der Waals surface area contributed by atoms with Crippen LogP contribution in [0.15, 0.2) is 34.1 Å². The molecule has 0 radical (unpaired) electrons. The van der Waals surface area contributed by atoms with Crippen LogP contribution in [-0.2, 0) is 9.59 Å². The number of hydrogen-bond acceptors (Lipinski definition) is 7. The summed E-state index contributed by atoms with van der Waals surface area (Å²) in [5.74, 6) is -0.134. The first-order valence-corrected chi connectivity index (χ1v) is 11.9. The standard InChI is InChI=1S/C22H25N5O3S2/c1-2-3-9-27-21(30)16(32-22(27)31)13-15-19(25-11-7-14(8-12-25)18(23)28)24-17-6-4-5-10-26(17)20(15)29/h4-6,10,13-14H,2-3,7-9,11-12H2,1H3,(H2,23,28)/b16-13+. The number of nitrogens with zero attached hydrogens (tertiary/aromatic N) is 4. The van der Waals surface area contributed by atoms with Crippen molar-refractivity contribution >= 4 is 57.7 Å². The second-order valence-electron chi connectivity index (χ2n) is 7.93. The summed E-state index contributed by atoms with van der Waals surface area (Å²) in [5.41, 5.74) is 6.10. The van der Waals surface area contributed by atoms with Crippen molar-refractivity contribution in [3.63, 3.8) is 0 Å². The highest BCUT2D eigenvalue weighted by molar-refractivity contribution is 8.26. The van der Waals surface area contributed by atoms with Crippen molar-refractivity contribution in [3.8, 4) is 0 Å². The second-order valence-corrected chi connectivity index (χ2v) is 9.61. The van der Waals surface area contributed by atoms with Gasteiger partial charge in [0.2, 0.25) is 5.91 Å². The summed E-state index contributed by atoms with van der Waals surface area (Å²) in [4.78, 5) is 46.7. The SMILES string of the molecule is CCCCN1C(=O)/C(=C\c2c(N3CCC(C(N)=O)CC3)nc3ccccn3c2=O)SC1=S. The highest BCUT2D eigenvalue weighted by Crippen LogP contribution is 2.34. The number of carbonyl (C=O) groups is 2. The molecule has 0 spiro atoms. The Morgan fingerprint density at radius 1 is 1.31 bits per heavy atom. The van der Waals surface area contributed by atoms with Gasteiger partial charge in [0.05, 0.1) is 10.5 Å². The average molecular weight is 472 g/mol. The molecule has 2 aromatic rings. The molecule has 4 heterocycles. The number of anilines is 1. The summed E-state index contributed by atoms with van der Waals surface area (Å²) in [6.45, 7) is 3.74. The molecule has 168 valence electrons. The van der Waals surface area contributed by atoms with E-state index in [0.717, 1.165) is 12.8 Å². The topological polar surface area (TPSA) is 101 Å². The largest absolute Gasteiger partial charge is 0.369 e. The van der Waals surface area contributed by atoms with Gasteiger partial charge < -0.3 is 10.6 Å². The number of carbonyl (C=O) groups excluding carboxylic acids is 2. The first-order valence-electron chi connectivity index (χ1n) is 10.7. The number of rotatable bonds is 6. The van der Waals surface area contributed by atoms with E-state index in [2.05, 4.69) is 6.92 Å². The smallest absolute Gasteiger partial charge is 0.267 e. The number of thioether (sulfide) groups is 1. The molecule has 32 heavy (non-hydrogen) atoms. The number of nitrogens with two attached hydrogens (primary N) is 1. The maximum absolute atomic E-state index is 13.4. The van der Waals surface area contributed by atoms with Crippen LogP contribution in [-0.4, -0.2) is 50.1 Å². The first kappa shape index (κ1) is 22.5. The number of pyridine rings is 1. The van der Waals surface area contributed by atoms with Crippen LogP contribution in [0.4, 0.5) is 5.82 Å². The van der Waals surface area contributed by atoms with Gasteiger partial charge in [-0.1, -0.05) is 43.4 Å². The minimum atomic E-state index is -0.299. The Morgan fingerprint density at radius 3 is 2.75 bits per heavy atom. The predicted molar refractivity (Wildman–Crippen MR) is 130 cm³/mol. The fraction of sp³-hybridized carbons (Fsp3) is 0.409. The van der Waals surface area contributed by atoms with Crippen LogP contribution < -0.4 is 16.2 Å². The molecule has 10 heteroatoms. The Morgan fingerprint density at radius 2 is 2.06 bits per heavy atom. The molecule has 0 saturated carbocycles. The predicted octanol–water partition coefficient (Wildman–Crippen LogP) is 2.40. The average Bonchev–Trinajstić information content (AvgIpc) is 3.06. The summed E-state index contributed by atoms with van der Waals surface area (Å²) in [7, 11) is 0. The molecule has 0 aromatic carbocycles. The van der Waals surface area contributed by atoms with E-state index in [1.165, 1.54) is 16.2 Å². The van der Waals surface area contributed by atoms with Crippen LogP contribution >= 0.6 is 24.0 Å². The van der Waals surface area contributed by atoms with Crippen LogP contribution in [0.25, 0.3) is 11.7 Å². The van der Waals surface area contributed by atoms with E-state index in [1.807, 2.05) is 11.0 Å². The second kappa shape index (κ2) is 9.41. The molecule has 4 rings (SSSR count). The Labute approximate surface area is 195 Å². The fourth-order valence-electron chi connectivity index (χ4n) is 3.97. The van der Waals surface area contributed by atoms with Crippen molar-refractivity contribution in [2.24, 2.45) is 11.7 Å². The molecule has 2 fully saturated rings. The lowest BCUT2D eigenvalue weighted by Gasteiger charge is -2.32. The van der Waals surface area contributed by atoms with Crippen LogP contribution in [0.5, 0.6) is 0 Å². The monoisotopic (exact) mass is 471 g/mol. The summed E-state index contributed by atoms with van der Waals surface area (Å²) in [6.07, 6.45) is 6.30. The lowest BCUT2D eigenvalue weighted by atomic mass is 9.96. The van der Waals surface area contributed by atoms with Crippen molar-refractivity contribution < 1.29 is 9.59 Å². The van der Waals surface area contributed by atoms with E-state index in [-0.39, 0.29) is 23.3 Å². The van der Waals surface area contributed by atoms with Crippen molar-refractivity contribution in [3.05, 3.63) is 45.2 Å². The number of fused-ring (bicyclic) bond motifs is 1. The molecule has 2 amide bonds. The minimum Gasteiger partial charge on any atom is -0.369 e. The Kier molecular flexibility index (Phi) is 6.61. The molecule has 2 aliphatic heterocycles. The highest BCUT2D eigenvalue weighted by atomic mass is 32.2. The van der Waals surface area contributed by atoms with E-state index in [0.29, 0.717) is 58.7 Å². The molecule has 8 nitrogen and oxygen atoms in total. The zero-order chi connectivity index (χ0) is 22.8. The number of unbranched alkanes of at least 4 members (excludes halogenated alkanes) is 1. The van der Waals surface area contributed by atoms with Gasteiger partial charge >= 0.3 is 0 Å². The Hall–Kier alpha value is -2.72. The van der Waals surface area contributed by atoms with Crippen molar-refractivity contribution in [2.75, 3.05) is 24.5 Å². The maximum Gasteiger partial charge on any atom is 0.267 e. The highest BCUT2D eigenvalue weighted by Gasteiger charge is 2.33. The van der Waals surface area contributed by atoms with E-state index in [4.69, 9.17) is 22.9 Å². The van der Waals surface area contributed by atoms with E-state index in [1.54, 1.807) is 29.3 Å². The quantitative estimate of drug-likeness (QED) is 0.510. The summed E-state index contributed by atoms with van der Waals surface area (Å²) in [5, 5.41) is 0. The van der Waals surface area contributed by atoms with Crippen LogP contribution in [0.2, 0.25) is 0 Å². The molecule has 2 N–H and O–H groups in total. The van der Waals surface area contributed by atoms with Gasteiger partial charge in [-0.3, -0.25) is 23.7 Å². The number of amides is 2. The molecule has 0 atom stereocenters. The normalized spacial score (nSPS) is 18.8. The van der Waals surface area contributed by atoms with Gasteiger partial charge in [-0.25, -0.2) is 4.98 Å². The lowest BCUT2D eigenvalue weighted by molar-refractivity contribution is -0.123. The number of piperidine rings is 1. The van der Waals surface area contributed by atoms with Gasteiger partial charge in [-0.2, -0.15) is 0 Å². The number of thiocarbonyl (C=S) groups is 1. The zero-order valence-electron chi connectivity index (χ0n) is 17.8. The number of hydrogen-bond donors (Lipinski definition) is 1. The fourth-order valence-corrected chi connectivity index (χ4v) is 5.26. The molecule has 2 aromatic heterocycles. The number of aromatic nitrogens is 2. The van der Waals surface area contributed by atoms with Gasteiger partial charge in [-0.15, -0.1) is 0 Å². The van der Waals surface area contributed by atoms with Gasteiger partial charge in [-0.05, 0) is 37.5 Å². The first-order chi connectivity index (χ1) is 15.4. The molecule has 0 bridgehead atoms. The molecular weight excluding hydrogens is 446 g/mol. The van der Waals surface area contributed by atoms with Crippen molar-refractivity contribution in [2.45, 2.75) is 32.6 Å².